The minimum absolute atomic E-state index is 0. The van der Waals surface area contributed by atoms with Crippen LogP contribution in [0, 0.1) is 0 Å². The first kappa shape index (κ1) is 23.0. The summed E-state index contributed by atoms with van der Waals surface area (Å²) in [5.74, 6) is 1.03. The number of carbonyl (C=O) groups is 1. The lowest BCUT2D eigenvalue weighted by Crippen LogP contribution is -2.48. The van der Waals surface area contributed by atoms with Gasteiger partial charge >= 0.3 is 0 Å². The van der Waals surface area contributed by atoms with E-state index in [1.165, 1.54) is 12.8 Å². The molecule has 2 unspecified atom stereocenters. The quantitative estimate of drug-likeness (QED) is 0.818. The summed E-state index contributed by atoms with van der Waals surface area (Å²) in [7, 11) is 1.94. The number of anilines is 1. The predicted molar refractivity (Wildman–Crippen MR) is 112 cm³/mol. The number of hydrogen-bond acceptors (Lipinski definition) is 4. The first-order valence-corrected chi connectivity index (χ1v) is 9.25. The molecule has 1 N–H and O–H groups in total. The summed E-state index contributed by atoms with van der Waals surface area (Å²) < 4.78 is 0. The molecular weight excluding hydrogens is 371 g/mol. The maximum atomic E-state index is 12.8. The third kappa shape index (κ3) is 4.81. The van der Waals surface area contributed by atoms with Gasteiger partial charge in [-0.15, -0.1) is 24.8 Å². The van der Waals surface area contributed by atoms with E-state index in [2.05, 4.69) is 36.0 Å². The Hall–Kier alpha value is -1.04. The standard InChI is InChI=1S/C19H30N4O.2ClH/c1-5-23(13(2)3)18-9-6-14(12-20-18)19(24)22(4)17-10-15-7-8-16(11-17)21-15;;/h6,9,12-13,15-17,21H,5,7-8,10-11H2,1-4H3;2*1H. The Morgan fingerprint density at radius 3 is 2.31 bits per heavy atom. The Morgan fingerprint density at radius 2 is 1.85 bits per heavy atom. The highest BCUT2D eigenvalue weighted by molar-refractivity contribution is 5.94. The second-order valence-electron chi connectivity index (χ2n) is 7.46. The Labute approximate surface area is 169 Å². The molecule has 2 fully saturated rings. The van der Waals surface area contributed by atoms with Crippen molar-refractivity contribution in [3.63, 3.8) is 0 Å². The molecule has 5 nitrogen and oxygen atoms in total. The molecule has 1 amide bonds. The highest BCUT2D eigenvalue weighted by Gasteiger charge is 2.36. The molecule has 0 aliphatic carbocycles. The van der Waals surface area contributed by atoms with Crippen LogP contribution in [-0.4, -0.2) is 53.6 Å². The number of nitrogens with one attached hydrogen (secondary N) is 1. The van der Waals surface area contributed by atoms with Gasteiger partial charge in [0.25, 0.3) is 5.91 Å². The molecule has 1 aromatic rings. The van der Waals surface area contributed by atoms with Gasteiger partial charge in [-0.1, -0.05) is 0 Å². The van der Waals surface area contributed by atoms with Gasteiger partial charge in [-0.2, -0.15) is 0 Å². The average Bonchev–Trinajstić information content (AvgIpc) is 2.92. The lowest BCUT2D eigenvalue weighted by molar-refractivity contribution is 0.0681. The summed E-state index contributed by atoms with van der Waals surface area (Å²) in [4.78, 5) is 21.5. The zero-order chi connectivity index (χ0) is 17.3. The summed E-state index contributed by atoms with van der Waals surface area (Å²) in [6, 6.07) is 5.82. The molecular formula is C19H32Cl2N4O. The van der Waals surface area contributed by atoms with Crippen molar-refractivity contribution in [1.29, 1.82) is 0 Å². The van der Waals surface area contributed by atoms with E-state index in [-0.39, 0.29) is 30.7 Å². The van der Waals surface area contributed by atoms with Gasteiger partial charge in [-0.3, -0.25) is 4.79 Å². The summed E-state index contributed by atoms with van der Waals surface area (Å²) >= 11 is 0. The molecule has 3 heterocycles. The smallest absolute Gasteiger partial charge is 0.255 e. The van der Waals surface area contributed by atoms with E-state index >= 15 is 0 Å². The highest BCUT2D eigenvalue weighted by Crippen LogP contribution is 2.29. The van der Waals surface area contributed by atoms with E-state index in [4.69, 9.17) is 0 Å². The second-order valence-corrected chi connectivity index (χ2v) is 7.46. The fraction of sp³-hybridized carbons (Fsp3) is 0.684. The summed E-state index contributed by atoms with van der Waals surface area (Å²) in [6.45, 7) is 7.35. The van der Waals surface area contributed by atoms with Crippen LogP contribution in [0.15, 0.2) is 18.3 Å². The van der Waals surface area contributed by atoms with Crippen molar-refractivity contribution in [2.24, 2.45) is 0 Å². The molecule has 1 aromatic heterocycles. The Kier molecular flexibility index (Phi) is 8.64. The van der Waals surface area contributed by atoms with Gasteiger partial charge in [-0.25, -0.2) is 4.98 Å². The van der Waals surface area contributed by atoms with Crippen molar-refractivity contribution in [1.82, 2.24) is 15.2 Å². The topological polar surface area (TPSA) is 48.5 Å². The van der Waals surface area contributed by atoms with Gasteiger partial charge in [0.05, 0.1) is 5.56 Å². The Bertz CT molecular complexity index is 569. The van der Waals surface area contributed by atoms with Gasteiger partial charge in [0.2, 0.25) is 0 Å². The van der Waals surface area contributed by atoms with Gasteiger partial charge in [-0.05, 0) is 58.6 Å². The number of rotatable bonds is 5. The van der Waals surface area contributed by atoms with Crippen molar-refractivity contribution < 1.29 is 4.79 Å². The third-order valence-corrected chi connectivity index (χ3v) is 5.57. The fourth-order valence-corrected chi connectivity index (χ4v) is 4.19. The number of fused-ring (bicyclic) bond motifs is 2. The number of amides is 1. The first-order chi connectivity index (χ1) is 11.5. The number of carbonyl (C=O) groups excluding carboxylic acids is 1. The molecule has 2 aliphatic heterocycles. The van der Waals surface area contributed by atoms with Gasteiger partial charge < -0.3 is 15.1 Å². The normalized spacial score (nSPS) is 23.8. The summed E-state index contributed by atoms with van der Waals surface area (Å²) in [5.41, 5.74) is 0.687. The van der Waals surface area contributed by atoms with Gasteiger partial charge in [0.15, 0.2) is 0 Å². The number of aromatic nitrogens is 1. The van der Waals surface area contributed by atoms with Crippen LogP contribution in [0.2, 0.25) is 0 Å². The van der Waals surface area contributed by atoms with Crippen molar-refractivity contribution in [3.05, 3.63) is 23.9 Å². The molecule has 0 radical (unpaired) electrons. The number of hydrogen-bond donors (Lipinski definition) is 1. The van der Waals surface area contributed by atoms with Gasteiger partial charge in [0.1, 0.15) is 5.82 Å². The molecule has 148 valence electrons. The fourth-order valence-electron chi connectivity index (χ4n) is 4.19. The maximum Gasteiger partial charge on any atom is 0.255 e. The number of halogens is 2. The molecule has 7 heteroatoms. The van der Waals surface area contributed by atoms with E-state index in [9.17, 15) is 4.79 Å². The zero-order valence-electron chi connectivity index (χ0n) is 16.1. The Morgan fingerprint density at radius 1 is 1.23 bits per heavy atom. The molecule has 2 saturated heterocycles. The van der Waals surface area contributed by atoms with Crippen LogP contribution >= 0.6 is 24.8 Å². The van der Waals surface area contributed by atoms with Gasteiger partial charge in [0, 0.05) is 44.0 Å². The van der Waals surface area contributed by atoms with E-state index in [1.807, 2.05) is 24.1 Å². The molecule has 2 atom stereocenters. The highest BCUT2D eigenvalue weighted by atomic mass is 35.5. The van der Waals surface area contributed by atoms with Crippen LogP contribution in [0.5, 0.6) is 0 Å². The van der Waals surface area contributed by atoms with Crippen molar-refractivity contribution >= 4 is 36.5 Å². The number of nitrogens with zero attached hydrogens (tertiary/aromatic N) is 3. The van der Waals surface area contributed by atoms with Crippen molar-refractivity contribution in [2.45, 2.75) is 70.6 Å². The largest absolute Gasteiger partial charge is 0.354 e. The van der Waals surface area contributed by atoms with Crippen LogP contribution in [0.1, 0.15) is 56.8 Å². The number of pyridine rings is 1. The van der Waals surface area contributed by atoms with E-state index in [0.29, 0.717) is 29.7 Å². The SMILES string of the molecule is CCN(c1ccc(C(=O)N(C)C2CC3CCC(C2)N3)cn1)C(C)C.Cl.Cl. The molecule has 26 heavy (non-hydrogen) atoms. The second kappa shape index (κ2) is 9.77. The van der Waals surface area contributed by atoms with Crippen molar-refractivity contribution in [3.8, 4) is 0 Å². The third-order valence-electron chi connectivity index (χ3n) is 5.57. The van der Waals surface area contributed by atoms with Crippen LogP contribution in [-0.2, 0) is 0 Å². The predicted octanol–water partition coefficient (Wildman–Crippen LogP) is 3.51. The lowest BCUT2D eigenvalue weighted by Gasteiger charge is -2.35. The van der Waals surface area contributed by atoms with Crippen LogP contribution in [0.4, 0.5) is 5.82 Å². The molecule has 0 aromatic carbocycles. The van der Waals surface area contributed by atoms with E-state index < -0.39 is 0 Å². The van der Waals surface area contributed by atoms with E-state index in [1.54, 1.807) is 6.20 Å². The molecule has 0 spiro atoms. The minimum atomic E-state index is 0. The minimum Gasteiger partial charge on any atom is -0.354 e. The average molecular weight is 403 g/mol. The molecule has 3 rings (SSSR count). The molecule has 2 aliphatic rings. The van der Waals surface area contributed by atoms with Crippen LogP contribution in [0.25, 0.3) is 0 Å². The van der Waals surface area contributed by atoms with Crippen LogP contribution < -0.4 is 10.2 Å². The van der Waals surface area contributed by atoms with E-state index in [0.717, 1.165) is 25.2 Å². The molecule has 0 saturated carbocycles. The maximum absolute atomic E-state index is 12.8. The van der Waals surface area contributed by atoms with Crippen molar-refractivity contribution in [2.75, 3.05) is 18.5 Å². The summed E-state index contributed by atoms with van der Waals surface area (Å²) in [6.07, 6.45) is 6.38. The van der Waals surface area contributed by atoms with Crippen LogP contribution in [0.3, 0.4) is 0 Å². The molecule has 2 bridgehead atoms. The monoisotopic (exact) mass is 402 g/mol. The summed E-state index contributed by atoms with van der Waals surface area (Å²) in [5, 5.41) is 3.63. The number of piperidine rings is 1. The first-order valence-electron chi connectivity index (χ1n) is 9.25. The Balaban J connectivity index is 0.00000169. The zero-order valence-corrected chi connectivity index (χ0v) is 17.8. The lowest BCUT2D eigenvalue weighted by atomic mass is 9.98.